The van der Waals surface area contributed by atoms with Crippen LogP contribution in [0.5, 0.6) is 0 Å². The number of rotatable bonds is 0. The zero-order valence-corrected chi connectivity index (χ0v) is 7.81. The Hall–Kier alpha value is -1.18. The molecule has 0 heterocycles. The van der Waals surface area contributed by atoms with Gasteiger partial charge in [-0.3, -0.25) is 5.73 Å². The second kappa shape index (κ2) is 2.70. The number of benzene rings is 1. The van der Waals surface area contributed by atoms with Crippen molar-refractivity contribution in [2.45, 2.75) is 26.2 Å². The van der Waals surface area contributed by atoms with Gasteiger partial charge in [-0.2, -0.15) is 0 Å². The molecule has 1 aromatic rings. The second-order valence-electron chi connectivity index (χ2n) is 4.05. The van der Waals surface area contributed by atoms with Gasteiger partial charge in [0.1, 0.15) is 0 Å². The number of anilines is 1. The second-order valence-corrected chi connectivity index (χ2v) is 4.05. The van der Waals surface area contributed by atoms with Gasteiger partial charge >= 0.3 is 0 Å². The first-order chi connectivity index (χ1) is 5.41. The van der Waals surface area contributed by atoms with Crippen molar-refractivity contribution in [3.63, 3.8) is 0 Å². The highest BCUT2D eigenvalue weighted by Crippen LogP contribution is 2.26. The van der Waals surface area contributed by atoms with Crippen molar-refractivity contribution in [3.8, 4) is 0 Å². The standard InChI is InChI=1S/C10H15N2/c1-10(2,3)7-4-5-8(11)9(12)6-7/h4-6,11H,12H2,1-3H3. The minimum Gasteiger partial charge on any atom is -0.397 e. The lowest BCUT2D eigenvalue weighted by molar-refractivity contribution is 0.590. The number of nitrogen functional groups attached to an aromatic ring is 1. The Kier molecular flexibility index (Phi) is 2.01. The molecule has 0 aromatic heterocycles. The van der Waals surface area contributed by atoms with Gasteiger partial charge in [0, 0.05) is 0 Å². The zero-order valence-electron chi connectivity index (χ0n) is 7.81. The Morgan fingerprint density at radius 3 is 2.25 bits per heavy atom. The van der Waals surface area contributed by atoms with Crippen LogP contribution < -0.4 is 11.5 Å². The maximum Gasteiger partial charge on any atom is 0.0769 e. The highest BCUT2D eigenvalue weighted by atomic mass is 14.7. The molecular formula is C10H15N2. The van der Waals surface area contributed by atoms with Crippen molar-refractivity contribution in [1.29, 1.82) is 0 Å². The third-order valence-corrected chi connectivity index (χ3v) is 1.92. The average Bonchev–Trinajstić information content (AvgIpc) is 1.92. The van der Waals surface area contributed by atoms with Crippen LogP contribution in [0.3, 0.4) is 0 Å². The van der Waals surface area contributed by atoms with Crippen LogP contribution in [0.4, 0.5) is 11.4 Å². The summed E-state index contributed by atoms with van der Waals surface area (Å²) in [6, 6.07) is 5.58. The summed E-state index contributed by atoms with van der Waals surface area (Å²) in [5.74, 6) is 0. The molecule has 0 aliphatic heterocycles. The van der Waals surface area contributed by atoms with E-state index in [9.17, 15) is 0 Å². The van der Waals surface area contributed by atoms with E-state index < -0.39 is 0 Å². The molecule has 0 saturated carbocycles. The van der Waals surface area contributed by atoms with Gasteiger partial charge in [0.05, 0.1) is 11.4 Å². The van der Waals surface area contributed by atoms with Gasteiger partial charge in [0.2, 0.25) is 0 Å². The third kappa shape index (κ3) is 1.70. The van der Waals surface area contributed by atoms with Crippen molar-refractivity contribution < 1.29 is 0 Å². The van der Waals surface area contributed by atoms with Crippen molar-refractivity contribution >= 4 is 11.4 Å². The van der Waals surface area contributed by atoms with E-state index in [2.05, 4.69) is 20.8 Å². The summed E-state index contributed by atoms with van der Waals surface area (Å²) < 4.78 is 0. The Morgan fingerprint density at radius 2 is 1.83 bits per heavy atom. The molecule has 0 bridgehead atoms. The molecule has 0 aliphatic rings. The fourth-order valence-corrected chi connectivity index (χ4v) is 1.03. The quantitative estimate of drug-likeness (QED) is 0.587. The molecule has 0 atom stereocenters. The molecule has 1 rings (SSSR count). The first-order valence-electron chi connectivity index (χ1n) is 4.03. The largest absolute Gasteiger partial charge is 0.397 e. The predicted octanol–water partition coefficient (Wildman–Crippen LogP) is 2.48. The van der Waals surface area contributed by atoms with Crippen molar-refractivity contribution in [2.24, 2.45) is 0 Å². The van der Waals surface area contributed by atoms with Crippen LogP contribution in [0.2, 0.25) is 0 Å². The topological polar surface area (TPSA) is 49.8 Å². The minimum atomic E-state index is 0.113. The molecule has 0 fully saturated rings. The van der Waals surface area contributed by atoms with Gasteiger partial charge in [-0.15, -0.1) is 0 Å². The molecule has 1 aromatic carbocycles. The van der Waals surface area contributed by atoms with E-state index in [4.69, 9.17) is 11.5 Å². The molecule has 0 amide bonds. The van der Waals surface area contributed by atoms with Gasteiger partial charge in [-0.05, 0) is 23.1 Å². The van der Waals surface area contributed by atoms with E-state index in [0.717, 1.165) is 0 Å². The van der Waals surface area contributed by atoms with Gasteiger partial charge in [-0.1, -0.05) is 26.8 Å². The molecule has 0 saturated heterocycles. The molecule has 2 heteroatoms. The van der Waals surface area contributed by atoms with Crippen LogP contribution in [0.15, 0.2) is 18.2 Å². The van der Waals surface area contributed by atoms with E-state index in [1.807, 2.05) is 12.1 Å². The normalized spacial score (nSPS) is 11.6. The summed E-state index contributed by atoms with van der Waals surface area (Å²) in [7, 11) is 0. The van der Waals surface area contributed by atoms with Crippen molar-refractivity contribution in [1.82, 2.24) is 5.73 Å². The lowest BCUT2D eigenvalue weighted by Crippen LogP contribution is -2.11. The Balaban J connectivity index is 3.14. The van der Waals surface area contributed by atoms with Crippen molar-refractivity contribution in [2.75, 3.05) is 5.73 Å². The summed E-state index contributed by atoms with van der Waals surface area (Å²) in [5.41, 5.74) is 15.3. The maximum absolute atomic E-state index is 7.40. The highest BCUT2D eigenvalue weighted by Gasteiger charge is 2.13. The molecular weight excluding hydrogens is 148 g/mol. The molecule has 1 radical (unpaired) electrons. The Labute approximate surface area is 73.6 Å². The lowest BCUT2D eigenvalue weighted by Gasteiger charge is -2.19. The van der Waals surface area contributed by atoms with Crippen LogP contribution in [0, 0.1) is 0 Å². The van der Waals surface area contributed by atoms with Crippen molar-refractivity contribution in [3.05, 3.63) is 23.8 Å². The van der Waals surface area contributed by atoms with Gasteiger partial charge in [0.25, 0.3) is 0 Å². The van der Waals surface area contributed by atoms with Crippen LogP contribution in [0.1, 0.15) is 26.3 Å². The summed E-state index contributed by atoms with van der Waals surface area (Å²) in [4.78, 5) is 0. The smallest absolute Gasteiger partial charge is 0.0769 e. The predicted molar refractivity (Wildman–Crippen MR) is 52.3 cm³/mol. The number of hydrogen-bond acceptors (Lipinski definition) is 1. The van der Waals surface area contributed by atoms with Crippen LogP contribution >= 0.6 is 0 Å². The molecule has 0 unspecified atom stereocenters. The van der Waals surface area contributed by atoms with Gasteiger partial charge in [0.15, 0.2) is 0 Å². The minimum absolute atomic E-state index is 0.113. The first kappa shape index (κ1) is 8.91. The summed E-state index contributed by atoms with van der Waals surface area (Å²) in [6.45, 7) is 6.39. The molecule has 0 spiro atoms. The van der Waals surface area contributed by atoms with Crippen LogP contribution in [-0.4, -0.2) is 0 Å². The summed E-state index contributed by atoms with van der Waals surface area (Å²) in [5, 5.41) is 0. The van der Waals surface area contributed by atoms with E-state index in [1.54, 1.807) is 6.07 Å². The lowest BCUT2D eigenvalue weighted by atomic mass is 9.87. The first-order valence-corrected chi connectivity index (χ1v) is 4.03. The maximum atomic E-state index is 7.40. The van der Waals surface area contributed by atoms with E-state index in [-0.39, 0.29) is 5.41 Å². The van der Waals surface area contributed by atoms with E-state index in [1.165, 1.54) is 5.56 Å². The molecule has 65 valence electrons. The van der Waals surface area contributed by atoms with Gasteiger partial charge < -0.3 is 5.73 Å². The summed E-state index contributed by atoms with van der Waals surface area (Å²) in [6.07, 6.45) is 0. The fraction of sp³-hybridized carbons (Fsp3) is 0.400. The van der Waals surface area contributed by atoms with Crippen LogP contribution in [0.25, 0.3) is 0 Å². The zero-order chi connectivity index (χ0) is 9.35. The van der Waals surface area contributed by atoms with E-state index in [0.29, 0.717) is 11.4 Å². The molecule has 12 heavy (non-hydrogen) atoms. The monoisotopic (exact) mass is 163 g/mol. The SMILES string of the molecule is CC(C)(C)c1ccc([NH])c(N)c1. The van der Waals surface area contributed by atoms with Gasteiger partial charge in [-0.25, -0.2) is 0 Å². The Bertz CT molecular complexity index is 284. The third-order valence-electron chi connectivity index (χ3n) is 1.92. The fourth-order valence-electron chi connectivity index (χ4n) is 1.03. The van der Waals surface area contributed by atoms with Crippen LogP contribution in [-0.2, 0) is 5.41 Å². The molecule has 3 N–H and O–H groups in total. The number of nitrogens with one attached hydrogen (secondary N) is 1. The molecule has 0 aliphatic carbocycles. The highest BCUT2D eigenvalue weighted by molar-refractivity contribution is 5.62. The molecule has 2 nitrogen and oxygen atoms in total. The Morgan fingerprint density at radius 1 is 1.25 bits per heavy atom. The average molecular weight is 163 g/mol. The summed E-state index contributed by atoms with van der Waals surface area (Å²) >= 11 is 0. The number of nitrogens with two attached hydrogens (primary N) is 1. The van der Waals surface area contributed by atoms with E-state index >= 15 is 0 Å². The number of hydrogen-bond donors (Lipinski definition) is 1.